The maximum atomic E-state index is 11.5. The van der Waals surface area contributed by atoms with E-state index in [0.717, 1.165) is 41.7 Å². The van der Waals surface area contributed by atoms with E-state index in [9.17, 15) is 4.79 Å². The van der Waals surface area contributed by atoms with E-state index < -0.39 is 0 Å². The summed E-state index contributed by atoms with van der Waals surface area (Å²) in [6, 6.07) is 5.82. The van der Waals surface area contributed by atoms with Gasteiger partial charge in [-0.3, -0.25) is 4.79 Å². The minimum Gasteiger partial charge on any atom is -0.492 e. The summed E-state index contributed by atoms with van der Waals surface area (Å²) in [5, 5.41) is 4.00. The summed E-state index contributed by atoms with van der Waals surface area (Å²) >= 11 is 3.54. The minimum atomic E-state index is -0.0446. The number of unbranched alkanes of at least 4 members (excludes halogenated alkanes) is 7. The average Bonchev–Trinajstić information content (AvgIpc) is 2.63. The van der Waals surface area contributed by atoms with E-state index in [4.69, 9.17) is 4.74 Å². The zero-order valence-electron chi connectivity index (χ0n) is 16.2. The Morgan fingerprint density at radius 3 is 2.46 bits per heavy atom. The van der Waals surface area contributed by atoms with Gasteiger partial charge in [-0.1, -0.05) is 58.8 Å². The Morgan fingerprint density at radius 2 is 1.77 bits per heavy atom. The highest BCUT2D eigenvalue weighted by Gasteiger charge is 2.02. The van der Waals surface area contributed by atoms with Crippen molar-refractivity contribution in [1.29, 1.82) is 0 Å². The molecule has 1 N–H and O–H groups in total. The number of hydrazone groups is 1. The summed E-state index contributed by atoms with van der Waals surface area (Å²) in [5.41, 5.74) is 3.46. The first-order chi connectivity index (χ1) is 12.7. The monoisotopic (exact) mass is 424 g/mol. The lowest BCUT2D eigenvalue weighted by Crippen LogP contribution is -2.16. The molecule has 1 aromatic carbocycles. The molecule has 4 nitrogen and oxygen atoms in total. The lowest BCUT2D eigenvalue weighted by molar-refractivity contribution is -0.121. The molecule has 0 radical (unpaired) electrons. The van der Waals surface area contributed by atoms with Gasteiger partial charge in [0.05, 0.1) is 17.3 Å². The lowest BCUT2D eigenvalue weighted by atomic mass is 10.1. The van der Waals surface area contributed by atoms with Gasteiger partial charge in [0, 0.05) is 6.42 Å². The quantitative estimate of drug-likeness (QED) is 0.219. The number of carbonyl (C=O) groups is 1. The van der Waals surface area contributed by atoms with Crippen molar-refractivity contribution in [3.63, 3.8) is 0 Å². The van der Waals surface area contributed by atoms with Gasteiger partial charge in [-0.2, -0.15) is 5.10 Å². The number of hydrogen-bond donors (Lipinski definition) is 1. The third kappa shape index (κ3) is 10.6. The average molecular weight is 425 g/mol. The van der Waals surface area contributed by atoms with Crippen molar-refractivity contribution in [2.75, 3.05) is 6.61 Å². The summed E-state index contributed by atoms with van der Waals surface area (Å²) in [6.45, 7) is 5.05. The first kappa shape index (κ1) is 22.7. The van der Waals surface area contributed by atoms with Crippen molar-refractivity contribution in [1.82, 2.24) is 5.43 Å². The standard InChI is InChI=1S/C21H33BrN2O2/c1-3-5-7-8-9-10-11-15-26-20-14-13-18(16-19(20)22)17-23-24-21(25)12-6-4-2/h13-14,16-17H,3-12,15H2,1-2H3,(H,24,25)/b23-17+. The number of nitrogens with zero attached hydrogens (tertiary/aromatic N) is 1. The van der Waals surface area contributed by atoms with Gasteiger partial charge in [-0.15, -0.1) is 0 Å². The Kier molecular flexibility index (Phi) is 12.9. The van der Waals surface area contributed by atoms with Crippen molar-refractivity contribution in [3.8, 4) is 5.75 Å². The van der Waals surface area contributed by atoms with Crippen molar-refractivity contribution in [2.45, 2.75) is 78.1 Å². The van der Waals surface area contributed by atoms with Crippen molar-refractivity contribution in [2.24, 2.45) is 5.10 Å². The Morgan fingerprint density at radius 1 is 1.08 bits per heavy atom. The normalized spacial score (nSPS) is 11.0. The van der Waals surface area contributed by atoms with Crippen LogP contribution >= 0.6 is 15.9 Å². The lowest BCUT2D eigenvalue weighted by Gasteiger charge is -2.09. The summed E-state index contributed by atoms with van der Waals surface area (Å²) in [4.78, 5) is 11.5. The highest BCUT2D eigenvalue weighted by molar-refractivity contribution is 9.10. The Hall–Kier alpha value is -1.36. The second-order valence-electron chi connectivity index (χ2n) is 6.56. The van der Waals surface area contributed by atoms with Gasteiger partial charge in [-0.05, 0) is 52.5 Å². The largest absolute Gasteiger partial charge is 0.492 e. The van der Waals surface area contributed by atoms with E-state index in [1.807, 2.05) is 18.2 Å². The van der Waals surface area contributed by atoms with Gasteiger partial charge in [0.25, 0.3) is 0 Å². The Labute approximate surface area is 166 Å². The number of nitrogens with one attached hydrogen (secondary N) is 1. The highest BCUT2D eigenvalue weighted by atomic mass is 79.9. The molecule has 0 unspecified atom stereocenters. The van der Waals surface area contributed by atoms with Crippen molar-refractivity contribution >= 4 is 28.1 Å². The van der Waals surface area contributed by atoms with Crippen LogP contribution < -0.4 is 10.2 Å². The topological polar surface area (TPSA) is 50.7 Å². The van der Waals surface area contributed by atoms with E-state index in [-0.39, 0.29) is 5.91 Å². The van der Waals surface area contributed by atoms with Gasteiger partial charge in [0.2, 0.25) is 5.91 Å². The molecule has 26 heavy (non-hydrogen) atoms. The highest BCUT2D eigenvalue weighted by Crippen LogP contribution is 2.25. The number of benzene rings is 1. The van der Waals surface area contributed by atoms with Gasteiger partial charge in [0.1, 0.15) is 5.75 Å². The first-order valence-corrected chi connectivity index (χ1v) is 10.7. The molecule has 1 amide bonds. The number of carbonyl (C=O) groups excluding carboxylic acids is 1. The van der Waals surface area contributed by atoms with E-state index >= 15 is 0 Å². The van der Waals surface area contributed by atoms with Gasteiger partial charge >= 0.3 is 0 Å². The fraction of sp³-hybridized carbons (Fsp3) is 0.619. The van der Waals surface area contributed by atoms with Crippen molar-refractivity contribution < 1.29 is 9.53 Å². The molecule has 0 saturated heterocycles. The Balaban J connectivity index is 2.28. The molecule has 1 rings (SSSR count). The predicted molar refractivity (Wildman–Crippen MR) is 113 cm³/mol. The molecule has 146 valence electrons. The van der Waals surface area contributed by atoms with Crippen LogP contribution in [0.25, 0.3) is 0 Å². The number of halogens is 1. The smallest absolute Gasteiger partial charge is 0.240 e. The number of rotatable bonds is 14. The third-order valence-corrected chi connectivity index (χ3v) is 4.74. The van der Waals surface area contributed by atoms with Crippen LogP contribution in [0.15, 0.2) is 27.8 Å². The zero-order chi connectivity index (χ0) is 19.0. The molecule has 0 aliphatic carbocycles. The molecule has 0 aromatic heterocycles. The van der Waals surface area contributed by atoms with Crippen molar-refractivity contribution in [3.05, 3.63) is 28.2 Å². The van der Waals surface area contributed by atoms with Crippen LogP contribution in [-0.4, -0.2) is 18.7 Å². The van der Waals surface area contributed by atoms with Gasteiger partial charge < -0.3 is 4.74 Å². The molecule has 0 heterocycles. The minimum absolute atomic E-state index is 0.0446. The van der Waals surface area contributed by atoms with Crippen LogP contribution in [0.4, 0.5) is 0 Å². The van der Waals surface area contributed by atoms with Gasteiger partial charge in [-0.25, -0.2) is 5.43 Å². The molecular formula is C21H33BrN2O2. The Bertz CT molecular complexity index is 547. The van der Waals surface area contributed by atoms with Gasteiger partial charge in [0.15, 0.2) is 0 Å². The van der Waals surface area contributed by atoms with E-state index in [1.54, 1.807) is 6.21 Å². The number of ether oxygens (including phenoxy) is 1. The summed E-state index contributed by atoms with van der Waals surface area (Å²) in [7, 11) is 0. The van der Waals surface area contributed by atoms with Crippen LogP contribution in [0.5, 0.6) is 5.75 Å². The molecule has 5 heteroatoms. The maximum absolute atomic E-state index is 11.5. The molecule has 0 bridgehead atoms. The number of amides is 1. The van der Waals surface area contributed by atoms with E-state index in [2.05, 4.69) is 40.3 Å². The summed E-state index contributed by atoms with van der Waals surface area (Å²) in [6.07, 6.45) is 13.0. The molecule has 0 fully saturated rings. The van der Waals surface area contributed by atoms with Crippen LogP contribution in [0, 0.1) is 0 Å². The first-order valence-electron chi connectivity index (χ1n) is 9.91. The van der Waals surface area contributed by atoms with E-state index in [0.29, 0.717) is 6.42 Å². The number of hydrogen-bond acceptors (Lipinski definition) is 3. The zero-order valence-corrected chi connectivity index (χ0v) is 17.8. The van der Waals surface area contributed by atoms with Crippen LogP contribution in [0.3, 0.4) is 0 Å². The molecular weight excluding hydrogens is 392 g/mol. The predicted octanol–water partition coefficient (Wildman–Crippen LogP) is 6.22. The van der Waals surface area contributed by atoms with Crippen LogP contribution in [0.2, 0.25) is 0 Å². The second-order valence-corrected chi connectivity index (χ2v) is 7.41. The second kappa shape index (κ2) is 14.8. The SMILES string of the molecule is CCCCCCCCCOc1ccc(/C=N/NC(=O)CCCC)cc1Br. The molecule has 0 aliphatic heterocycles. The summed E-state index contributed by atoms with van der Waals surface area (Å²) < 4.78 is 6.75. The molecule has 0 spiro atoms. The summed E-state index contributed by atoms with van der Waals surface area (Å²) in [5.74, 6) is 0.803. The molecule has 0 saturated carbocycles. The van der Waals surface area contributed by atoms with Crippen LogP contribution in [-0.2, 0) is 4.79 Å². The van der Waals surface area contributed by atoms with E-state index in [1.165, 1.54) is 38.5 Å². The molecule has 0 atom stereocenters. The maximum Gasteiger partial charge on any atom is 0.240 e. The fourth-order valence-corrected chi connectivity index (χ4v) is 3.04. The molecule has 0 aliphatic rings. The fourth-order valence-electron chi connectivity index (χ4n) is 2.53. The molecule has 1 aromatic rings. The van der Waals surface area contributed by atoms with Crippen LogP contribution in [0.1, 0.15) is 83.6 Å². The third-order valence-electron chi connectivity index (χ3n) is 4.12.